The molecule has 1 aliphatic heterocycles. The van der Waals surface area contributed by atoms with E-state index in [0.29, 0.717) is 13.0 Å². The van der Waals surface area contributed by atoms with Crippen LogP contribution in [0.1, 0.15) is 6.42 Å². The third-order valence-electron chi connectivity index (χ3n) is 1.37. The van der Waals surface area contributed by atoms with Gasteiger partial charge in [0, 0.05) is 19.2 Å². The first-order valence-electron chi connectivity index (χ1n) is 2.99. The third-order valence-corrected chi connectivity index (χ3v) is 1.68. The third kappa shape index (κ3) is 1.49. The number of aliphatic hydroxyl groups is 1. The molecule has 0 spiro atoms. The number of aliphatic hydroxyl groups excluding tert-OH is 1. The Morgan fingerprint density at radius 1 is 1.80 bits per heavy atom. The summed E-state index contributed by atoms with van der Waals surface area (Å²) in [7, 11) is 0. The number of halogens is 1. The fourth-order valence-corrected chi connectivity index (χ4v) is 1.01. The van der Waals surface area contributed by atoms with Gasteiger partial charge in [0.25, 0.3) is 0 Å². The van der Waals surface area contributed by atoms with Gasteiger partial charge >= 0.3 is 0 Å². The molecule has 0 aromatic carbocycles. The van der Waals surface area contributed by atoms with Gasteiger partial charge < -0.3 is 10.0 Å². The number of allylic oxidation sites excluding steroid dienone is 1. The zero-order valence-electron chi connectivity index (χ0n) is 5.38. The van der Waals surface area contributed by atoms with Crippen LogP contribution < -0.4 is 0 Å². The Labute approximate surface area is 63.9 Å². The molecule has 0 atom stereocenters. The molecule has 0 radical (unpaired) electrons. The van der Waals surface area contributed by atoms with Crippen molar-refractivity contribution < 1.29 is 9.90 Å². The number of carbonyl (C=O) groups excluding carboxylic acids is 1. The highest BCUT2D eigenvalue weighted by Gasteiger charge is 2.14. The smallest absolute Gasteiger partial charge is 0.177 e. The molecular formula is C6H8ClNO2. The summed E-state index contributed by atoms with van der Waals surface area (Å²) in [5.41, 5.74) is 0. The van der Waals surface area contributed by atoms with Gasteiger partial charge in [-0.3, -0.25) is 4.79 Å². The SMILES string of the molecule is O=C1CCN(CO)C=C1Cl. The maximum absolute atomic E-state index is 10.7. The van der Waals surface area contributed by atoms with Crippen molar-refractivity contribution in [3.63, 3.8) is 0 Å². The first-order chi connectivity index (χ1) is 4.74. The second-order valence-corrected chi connectivity index (χ2v) is 2.51. The predicted octanol–water partition coefficient (Wildman–Crippen LogP) is 0.291. The van der Waals surface area contributed by atoms with E-state index < -0.39 is 0 Å². The summed E-state index contributed by atoms with van der Waals surface area (Å²) in [6.45, 7) is 0.481. The van der Waals surface area contributed by atoms with Crippen LogP contribution in [-0.2, 0) is 4.79 Å². The van der Waals surface area contributed by atoms with E-state index in [1.807, 2.05) is 0 Å². The van der Waals surface area contributed by atoms with Gasteiger partial charge in [0.1, 0.15) is 6.73 Å². The van der Waals surface area contributed by atoms with Crippen LogP contribution in [0.5, 0.6) is 0 Å². The highest BCUT2D eigenvalue weighted by atomic mass is 35.5. The molecule has 0 aromatic heterocycles. The van der Waals surface area contributed by atoms with Crippen LogP contribution in [0.2, 0.25) is 0 Å². The standard InChI is InChI=1S/C6H8ClNO2/c7-5-3-8(4-9)2-1-6(5)10/h3,9H,1-2,4H2. The second-order valence-electron chi connectivity index (χ2n) is 2.10. The van der Waals surface area contributed by atoms with Crippen LogP contribution >= 0.6 is 11.6 Å². The highest BCUT2D eigenvalue weighted by molar-refractivity contribution is 6.42. The maximum Gasteiger partial charge on any atom is 0.177 e. The van der Waals surface area contributed by atoms with E-state index in [2.05, 4.69) is 0 Å². The van der Waals surface area contributed by atoms with Crippen molar-refractivity contribution in [2.75, 3.05) is 13.3 Å². The van der Waals surface area contributed by atoms with Crippen LogP contribution in [0, 0.1) is 0 Å². The van der Waals surface area contributed by atoms with Crippen LogP contribution in [0.3, 0.4) is 0 Å². The van der Waals surface area contributed by atoms with Crippen molar-refractivity contribution in [2.45, 2.75) is 6.42 Å². The molecule has 0 saturated heterocycles. The second kappa shape index (κ2) is 3.03. The summed E-state index contributed by atoms with van der Waals surface area (Å²) in [5.74, 6) is -0.0497. The fraction of sp³-hybridized carbons (Fsp3) is 0.500. The summed E-state index contributed by atoms with van der Waals surface area (Å²) in [6.07, 6.45) is 1.86. The Balaban J connectivity index is 2.65. The molecule has 1 aliphatic rings. The lowest BCUT2D eigenvalue weighted by atomic mass is 10.2. The number of ketones is 1. The van der Waals surface area contributed by atoms with Gasteiger partial charge in [-0.2, -0.15) is 0 Å². The van der Waals surface area contributed by atoms with Gasteiger partial charge in [0.05, 0.1) is 5.03 Å². The molecule has 1 N–H and O–H groups in total. The molecule has 3 nitrogen and oxygen atoms in total. The largest absolute Gasteiger partial charge is 0.376 e. The molecule has 0 unspecified atom stereocenters. The molecule has 0 amide bonds. The molecule has 10 heavy (non-hydrogen) atoms. The number of carbonyl (C=O) groups is 1. The maximum atomic E-state index is 10.7. The zero-order chi connectivity index (χ0) is 7.56. The summed E-state index contributed by atoms with van der Waals surface area (Å²) in [6, 6.07) is 0. The number of nitrogens with zero attached hydrogens (tertiary/aromatic N) is 1. The minimum Gasteiger partial charge on any atom is -0.376 e. The summed E-state index contributed by atoms with van der Waals surface area (Å²) in [4.78, 5) is 12.3. The first kappa shape index (κ1) is 7.57. The number of rotatable bonds is 1. The van der Waals surface area contributed by atoms with Gasteiger partial charge in [-0.15, -0.1) is 0 Å². The number of hydrogen-bond acceptors (Lipinski definition) is 3. The van der Waals surface area contributed by atoms with Crippen molar-refractivity contribution in [1.82, 2.24) is 4.90 Å². The molecule has 1 rings (SSSR count). The Bertz CT molecular complexity index is 179. The quantitative estimate of drug-likeness (QED) is 0.601. The molecule has 0 aromatic rings. The van der Waals surface area contributed by atoms with Gasteiger partial charge in [-0.05, 0) is 0 Å². The van der Waals surface area contributed by atoms with Crippen molar-refractivity contribution in [3.05, 3.63) is 11.2 Å². The van der Waals surface area contributed by atoms with E-state index in [1.165, 1.54) is 6.20 Å². The average molecular weight is 162 g/mol. The van der Waals surface area contributed by atoms with E-state index in [0.717, 1.165) is 0 Å². The lowest BCUT2D eigenvalue weighted by molar-refractivity contribution is -0.116. The van der Waals surface area contributed by atoms with Crippen LogP contribution in [-0.4, -0.2) is 29.1 Å². The fourth-order valence-electron chi connectivity index (χ4n) is 0.773. The Kier molecular flexibility index (Phi) is 2.29. The van der Waals surface area contributed by atoms with Gasteiger partial charge in [0.15, 0.2) is 5.78 Å². The normalized spacial score (nSPS) is 19.2. The van der Waals surface area contributed by atoms with Crippen molar-refractivity contribution in [2.24, 2.45) is 0 Å². The molecule has 0 aliphatic carbocycles. The van der Waals surface area contributed by atoms with Crippen molar-refractivity contribution >= 4 is 17.4 Å². The molecule has 56 valence electrons. The van der Waals surface area contributed by atoms with Crippen LogP contribution in [0.15, 0.2) is 11.2 Å². The monoisotopic (exact) mass is 161 g/mol. The van der Waals surface area contributed by atoms with E-state index in [1.54, 1.807) is 4.90 Å². The minimum atomic E-state index is -0.0799. The number of Topliss-reactive ketones (excluding diaryl/α,β-unsaturated/α-hetero) is 1. The van der Waals surface area contributed by atoms with E-state index in [-0.39, 0.29) is 17.5 Å². The van der Waals surface area contributed by atoms with Crippen molar-refractivity contribution in [3.8, 4) is 0 Å². The van der Waals surface area contributed by atoms with E-state index in [4.69, 9.17) is 16.7 Å². The first-order valence-corrected chi connectivity index (χ1v) is 3.37. The van der Waals surface area contributed by atoms with Crippen molar-refractivity contribution in [1.29, 1.82) is 0 Å². The Morgan fingerprint density at radius 2 is 2.50 bits per heavy atom. The summed E-state index contributed by atoms with van der Waals surface area (Å²) in [5, 5.41) is 8.82. The summed E-state index contributed by atoms with van der Waals surface area (Å²) < 4.78 is 0. The summed E-state index contributed by atoms with van der Waals surface area (Å²) >= 11 is 5.50. The zero-order valence-corrected chi connectivity index (χ0v) is 6.14. The molecular weight excluding hydrogens is 154 g/mol. The molecule has 0 fully saturated rings. The predicted molar refractivity (Wildman–Crippen MR) is 37.4 cm³/mol. The lowest BCUT2D eigenvalue weighted by Gasteiger charge is -2.20. The van der Waals surface area contributed by atoms with Gasteiger partial charge in [0.2, 0.25) is 0 Å². The van der Waals surface area contributed by atoms with E-state index in [9.17, 15) is 4.79 Å². The topological polar surface area (TPSA) is 40.5 Å². The highest BCUT2D eigenvalue weighted by Crippen LogP contribution is 2.13. The molecule has 0 bridgehead atoms. The van der Waals surface area contributed by atoms with E-state index >= 15 is 0 Å². The lowest BCUT2D eigenvalue weighted by Crippen LogP contribution is -2.26. The molecule has 1 heterocycles. The van der Waals surface area contributed by atoms with Crippen LogP contribution in [0.4, 0.5) is 0 Å². The van der Waals surface area contributed by atoms with Crippen LogP contribution in [0.25, 0.3) is 0 Å². The Morgan fingerprint density at radius 3 is 3.00 bits per heavy atom. The average Bonchev–Trinajstić information content (AvgIpc) is 1.95. The van der Waals surface area contributed by atoms with Gasteiger partial charge in [-0.1, -0.05) is 11.6 Å². The molecule has 4 heteroatoms. The Hall–Kier alpha value is -0.540. The van der Waals surface area contributed by atoms with Gasteiger partial charge in [-0.25, -0.2) is 0 Å². The minimum absolute atomic E-state index is 0.0497. The molecule has 0 saturated carbocycles. The number of hydrogen-bond donors (Lipinski definition) is 1.